The van der Waals surface area contributed by atoms with Gasteiger partial charge in [-0.3, -0.25) is 4.90 Å². The first-order valence-electron chi connectivity index (χ1n) is 9.68. The summed E-state index contributed by atoms with van der Waals surface area (Å²) in [6.45, 7) is 12.4. The second-order valence-electron chi connectivity index (χ2n) is 6.88. The molecule has 3 N–H and O–H groups in total. The molecule has 1 fully saturated rings. The number of aliphatic imine (C=N–C) groups is 1. The van der Waals surface area contributed by atoms with Gasteiger partial charge in [0, 0.05) is 25.2 Å². The van der Waals surface area contributed by atoms with E-state index in [0.29, 0.717) is 12.5 Å². The normalized spacial score (nSPS) is 16.5. The average molecular weight is 490 g/mol. The van der Waals surface area contributed by atoms with Gasteiger partial charge in [0.1, 0.15) is 5.75 Å². The Morgan fingerprint density at radius 1 is 1.37 bits per heavy atom. The fourth-order valence-corrected chi connectivity index (χ4v) is 2.77. The Balaban J connectivity index is 0.00000364. The van der Waals surface area contributed by atoms with Crippen LogP contribution in [0.4, 0.5) is 0 Å². The zero-order chi connectivity index (χ0) is 18.8. The fraction of sp³-hybridized carbons (Fsp3) is 0.650. The highest BCUT2D eigenvalue weighted by Gasteiger charge is 2.10. The molecule has 6 nitrogen and oxygen atoms in total. The number of nitrogens with one attached hydrogen (secondary N) is 1. The van der Waals surface area contributed by atoms with Crippen molar-refractivity contribution in [3.8, 4) is 5.75 Å². The Hall–Kier alpha value is -1.06. The summed E-state index contributed by atoms with van der Waals surface area (Å²) >= 11 is 0. The number of rotatable bonds is 9. The smallest absolute Gasteiger partial charge is 0.188 e. The largest absolute Gasteiger partial charge is 0.490 e. The molecular formula is C20H35IN4O2. The Bertz CT molecular complexity index is 577. The van der Waals surface area contributed by atoms with E-state index in [0.717, 1.165) is 63.5 Å². The van der Waals surface area contributed by atoms with Crippen molar-refractivity contribution in [1.29, 1.82) is 0 Å². The molecule has 1 heterocycles. The molecule has 0 radical (unpaired) electrons. The summed E-state index contributed by atoms with van der Waals surface area (Å²) in [6.07, 6.45) is 2.21. The van der Waals surface area contributed by atoms with Crippen LogP contribution in [0.2, 0.25) is 0 Å². The molecule has 1 atom stereocenters. The third-order valence-electron chi connectivity index (χ3n) is 4.61. The highest BCUT2D eigenvalue weighted by atomic mass is 127. The molecule has 1 aliphatic heterocycles. The van der Waals surface area contributed by atoms with Crippen LogP contribution in [0.5, 0.6) is 5.75 Å². The number of hydrogen-bond donors (Lipinski definition) is 2. The maximum atomic E-state index is 6.03. The zero-order valence-electron chi connectivity index (χ0n) is 16.9. The molecule has 27 heavy (non-hydrogen) atoms. The van der Waals surface area contributed by atoms with Gasteiger partial charge in [0.2, 0.25) is 0 Å². The van der Waals surface area contributed by atoms with E-state index in [9.17, 15) is 0 Å². The van der Waals surface area contributed by atoms with Crippen LogP contribution in [0, 0.1) is 6.92 Å². The number of aryl methyl sites for hydroxylation is 1. The van der Waals surface area contributed by atoms with Crippen LogP contribution in [0.15, 0.2) is 23.2 Å². The van der Waals surface area contributed by atoms with Crippen LogP contribution in [0.3, 0.4) is 0 Å². The molecule has 0 saturated carbocycles. The van der Waals surface area contributed by atoms with E-state index in [4.69, 9.17) is 15.2 Å². The summed E-state index contributed by atoms with van der Waals surface area (Å²) in [5.41, 5.74) is 8.26. The molecule has 7 heteroatoms. The molecule has 0 bridgehead atoms. The van der Waals surface area contributed by atoms with Crippen molar-refractivity contribution < 1.29 is 9.47 Å². The van der Waals surface area contributed by atoms with Crippen LogP contribution in [-0.2, 0) is 11.3 Å². The number of nitrogens with two attached hydrogens (primary N) is 1. The molecule has 1 aromatic carbocycles. The Morgan fingerprint density at radius 2 is 2.11 bits per heavy atom. The van der Waals surface area contributed by atoms with E-state index in [1.54, 1.807) is 0 Å². The summed E-state index contributed by atoms with van der Waals surface area (Å²) in [7, 11) is 0. The van der Waals surface area contributed by atoms with Gasteiger partial charge < -0.3 is 20.5 Å². The number of morpholine rings is 1. The van der Waals surface area contributed by atoms with E-state index in [2.05, 4.69) is 54.2 Å². The van der Waals surface area contributed by atoms with E-state index in [-0.39, 0.29) is 30.1 Å². The van der Waals surface area contributed by atoms with Crippen molar-refractivity contribution in [2.45, 2.75) is 46.3 Å². The predicted molar refractivity (Wildman–Crippen MR) is 122 cm³/mol. The van der Waals surface area contributed by atoms with Crippen molar-refractivity contribution in [2.75, 3.05) is 39.4 Å². The molecule has 0 aromatic heterocycles. The molecule has 1 saturated heterocycles. The van der Waals surface area contributed by atoms with Crippen LogP contribution >= 0.6 is 24.0 Å². The van der Waals surface area contributed by atoms with Crippen molar-refractivity contribution in [3.63, 3.8) is 0 Å². The minimum Gasteiger partial charge on any atom is -0.490 e. The lowest BCUT2D eigenvalue weighted by Gasteiger charge is -2.26. The Labute approximate surface area is 180 Å². The van der Waals surface area contributed by atoms with Gasteiger partial charge in [0.25, 0.3) is 0 Å². The third-order valence-corrected chi connectivity index (χ3v) is 4.61. The van der Waals surface area contributed by atoms with Gasteiger partial charge in [0.05, 0.1) is 25.9 Å². The molecule has 0 aliphatic carbocycles. The van der Waals surface area contributed by atoms with Crippen LogP contribution in [0.1, 0.15) is 37.8 Å². The van der Waals surface area contributed by atoms with E-state index >= 15 is 0 Å². The summed E-state index contributed by atoms with van der Waals surface area (Å²) in [5.74, 6) is 1.39. The highest BCUT2D eigenvalue weighted by Crippen LogP contribution is 2.23. The SMILES string of the molecule is CCC(C)Oc1cc(C)ccc1CN=C(N)NCCCN1CCOCC1.I. The van der Waals surface area contributed by atoms with Crippen molar-refractivity contribution >= 4 is 29.9 Å². The summed E-state index contributed by atoms with van der Waals surface area (Å²) in [5, 5.41) is 3.20. The standard InChI is InChI=1S/C20H34N4O2.HI/c1-4-17(3)26-19-14-16(2)6-7-18(19)15-23-20(21)22-8-5-9-24-10-12-25-13-11-24;/h6-7,14,17H,4-5,8-13,15H2,1-3H3,(H3,21,22,23);1H. The third kappa shape index (κ3) is 9.12. The minimum atomic E-state index is 0. The molecule has 0 amide bonds. The molecule has 1 aliphatic rings. The Morgan fingerprint density at radius 3 is 2.81 bits per heavy atom. The molecule has 154 valence electrons. The van der Waals surface area contributed by atoms with Crippen molar-refractivity contribution in [1.82, 2.24) is 10.2 Å². The lowest BCUT2D eigenvalue weighted by atomic mass is 10.1. The van der Waals surface area contributed by atoms with Crippen LogP contribution in [-0.4, -0.2) is 56.4 Å². The summed E-state index contributed by atoms with van der Waals surface area (Å²) < 4.78 is 11.4. The minimum absolute atomic E-state index is 0. The highest BCUT2D eigenvalue weighted by molar-refractivity contribution is 14.0. The van der Waals surface area contributed by atoms with E-state index < -0.39 is 0 Å². The first kappa shape index (κ1) is 24.0. The first-order chi connectivity index (χ1) is 12.6. The number of ether oxygens (including phenoxy) is 2. The maximum Gasteiger partial charge on any atom is 0.188 e. The van der Waals surface area contributed by atoms with Gasteiger partial charge in [-0.15, -0.1) is 24.0 Å². The fourth-order valence-electron chi connectivity index (χ4n) is 2.77. The molecule has 1 unspecified atom stereocenters. The van der Waals surface area contributed by atoms with E-state index in [1.807, 2.05) is 0 Å². The number of benzene rings is 1. The van der Waals surface area contributed by atoms with Gasteiger partial charge in [-0.1, -0.05) is 19.1 Å². The zero-order valence-corrected chi connectivity index (χ0v) is 19.2. The lowest BCUT2D eigenvalue weighted by molar-refractivity contribution is 0.0376. The molecular weight excluding hydrogens is 455 g/mol. The van der Waals surface area contributed by atoms with Crippen LogP contribution in [0.25, 0.3) is 0 Å². The van der Waals surface area contributed by atoms with Gasteiger partial charge in [-0.2, -0.15) is 0 Å². The quantitative estimate of drug-likeness (QED) is 0.241. The van der Waals surface area contributed by atoms with Gasteiger partial charge in [-0.05, 0) is 44.9 Å². The average Bonchev–Trinajstić information content (AvgIpc) is 2.65. The van der Waals surface area contributed by atoms with E-state index in [1.165, 1.54) is 5.56 Å². The van der Waals surface area contributed by atoms with Gasteiger partial charge in [-0.25, -0.2) is 4.99 Å². The van der Waals surface area contributed by atoms with Gasteiger partial charge in [0.15, 0.2) is 5.96 Å². The lowest BCUT2D eigenvalue weighted by Crippen LogP contribution is -2.39. The second kappa shape index (κ2) is 13.2. The summed E-state index contributed by atoms with van der Waals surface area (Å²) in [6, 6.07) is 6.23. The molecule has 0 spiro atoms. The second-order valence-corrected chi connectivity index (χ2v) is 6.88. The first-order valence-corrected chi connectivity index (χ1v) is 9.68. The number of halogens is 1. The summed E-state index contributed by atoms with van der Waals surface area (Å²) in [4.78, 5) is 6.89. The number of nitrogens with zero attached hydrogens (tertiary/aromatic N) is 2. The van der Waals surface area contributed by atoms with Crippen LogP contribution < -0.4 is 15.8 Å². The molecule has 2 rings (SSSR count). The van der Waals surface area contributed by atoms with Crippen molar-refractivity contribution in [3.05, 3.63) is 29.3 Å². The number of hydrogen-bond acceptors (Lipinski definition) is 4. The Kier molecular flexibility index (Phi) is 11.7. The predicted octanol–water partition coefficient (Wildman–Crippen LogP) is 2.92. The van der Waals surface area contributed by atoms with Crippen molar-refractivity contribution in [2.24, 2.45) is 10.7 Å². The maximum absolute atomic E-state index is 6.03. The monoisotopic (exact) mass is 490 g/mol. The number of guanidine groups is 1. The topological polar surface area (TPSA) is 72.1 Å². The molecule has 1 aromatic rings. The van der Waals surface area contributed by atoms with Gasteiger partial charge >= 0.3 is 0 Å².